The minimum Gasteiger partial charge on any atom is -0.305 e. The van der Waals surface area contributed by atoms with Gasteiger partial charge in [0.25, 0.3) is 5.91 Å². The summed E-state index contributed by atoms with van der Waals surface area (Å²) in [6, 6.07) is 19.5. The Morgan fingerprint density at radius 1 is 0.971 bits per heavy atom. The van der Waals surface area contributed by atoms with Crippen molar-refractivity contribution in [3.05, 3.63) is 95.4 Å². The maximum absolute atomic E-state index is 13.4. The number of carbonyl (C=O) groups is 1. The van der Waals surface area contributed by atoms with Gasteiger partial charge in [-0.15, -0.1) is 0 Å². The normalized spacial score (nSPS) is 11.1. The van der Waals surface area contributed by atoms with Crippen LogP contribution < -0.4 is 5.32 Å². The number of fused-ring (bicyclic) bond motifs is 1. The molecule has 1 amide bonds. The van der Waals surface area contributed by atoms with Crippen LogP contribution >= 0.6 is 0 Å². The molecule has 7 heteroatoms. The SMILES string of the molecule is CCn1cc(-c2cc(C(=O)Nc3ccn(Cc4ccccc4C)n3)c3ccccc3n2)c(C)n1. The van der Waals surface area contributed by atoms with E-state index < -0.39 is 0 Å². The van der Waals surface area contributed by atoms with E-state index in [0.717, 1.165) is 34.4 Å². The van der Waals surface area contributed by atoms with E-state index >= 15 is 0 Å². The number of amides is 1. The van der Waals surface area contributed by atoms with Crippen molar-refractivity contribution in [1.29, 1.82) is 0 Å². The molecule has 0 spiro atoms. The number of hydrogen-bond donors (Lipinski definition) is 1. The predicted octanol–water partition coefficient (Wildman–Crippen LogP) is 5.23. The molecule has 0 aliphatic heterocycles. The Labute approximate surface area is 198 Å². The second-order valence-electron chi connectivity index (χ2n) is 8.34. The Hall–Kier alpha value is -4.26. The molecule has 0 radical (unpaired) electrons. The molecule has 3 heterocycles. The van der Waals surface area contributed by atoms with Crippen LogP contribution in [0.2, 0.25) is 0 Å². The summed E-state index contributed by atoms with van der Waals surface area (Å²) in [7, 11) is 0. The quantitative estimate of drug-likeness (QED) is 0.384. The number of nitrogens with one attached hydrogen (secondary N) is 1. The predicted molar refractivity (Wildman–Crippen MR) is 134 cm³/mol. The smallest absolute Gasteiger partial charge is 0.257 e. The number of hydrogen-bond acceptors (Lipinski definition) is 4. The highest BCUT2D eigenvalue weighted by Crippen LogP contribution is 2.27. The standard InChI is InChI=1S/C27H26N6O/c1-4-32-17-23(19(3)30-32)25-15-22(21-11-7-8-12-24(21)28-25)27(34)29-26-13-14-33(31-26)16-20-10-6-5-9-18(20)2/h5-15,17H,4,16H2,1-3H3,(H,29,31,34). The fraction of sp³-hybridized carbons (Fsp3) is 0.185. The Bertz CT molecular complexity index is 1500. The van der Waals surface area contributed by atoms with Gasteiger partial charge in [0.15, 0.2) is 5.82 Å². The molecule has 2 aromatic carbocycles. The maximum atomic E-state index is 13.4. The van der Waals surface area contributed by atoms with Crippen LogP contribution in [0.1, 0.15) is 34.1 Å². The van der Waals surface area contributed by atoms with Gasteiger partial charge in [0, 0.05) is 36.0 Å². The lowest BCUT2D eigenvalue weighted by molar-refractivity contribution is 0.102. The highest BCUT2D eigenvalue weighted by atomic mass is 16.1. The molecule has 5 aromatic rings. The zero-order valence-corrected chi connectivity index (χ0v) is 19.5. The first-order valence-electron chi connectivity index (χ1n) is 11.4. The second kappa shape index (κ2) is 8.94. The van der Waals surface area contributed by atoms with Gasteiger partial charge in [0.05, 0.1) is 29.0 Å². The largest absolute Gasteiger partial charge is 0.305 e. The molecule has 0 atom stereocenters. The average Bonchev–Trinajstić information content (AvgIpc) is 3.45. The third kappa shape index (κ3) is 4.20. The second-order valence-corrected chi connectivity index (χ2v) is 8.34. The van der Waals surface area contributed by atoms with Crippen molar-refractivity contribution in [2.24, 2.45) is 0 Å². The molecule has 3 aromatic heterocycles. The summed E-state index contributed by atoms with van der Waals surface area (Å²) in [5.41, 5.74) is 6.25. The summed E-state index contributed by atoms with van der Waals surface area (Å²) in [5.74, 6) is 0.289. The molecule has 0 saturated carbocycles. The van der Waals surface area contributed by atoms with Crippen LogP contribution in [0.4, 0.5) is 5.82 Å². The van der Waals surface area contributed by atoms with E-state index in [-0.39, 0.29) is 5.91 Å². The Morgan fingerprint density at radius 3 is 2.56 bits per heavy atom. The first-order chi connectivity index (χ1) is 16.5. The van der Waals surface area contributed by atoms with Crippen LogP contribution in [0.15, 0.2) is 73.1 Å². The third-order valence-corrected chi connectivity index (χ3v) is 5.98. The zero-order chi connectivity index (χ0) is 23.7. The summed E-state index contributed by atoms with van der Waals surface area (Å²) in [4.78, 5) is 18.2. The summed E-state index contributed by atoms with van der Waals surface area (Å²) in [6.07, 6.45) is 3.85. The van der Waals surface area contributed by atoms with Crippen molar-refractivity contribution < 1.29 is 4.79 Å². The van der Waals surface area contributed by atoms with Crippen molar-refractivity contribution in [2.75, 3.05) is 5.32 Å². The van der Waals surface area contributed by atoms with E-state index in [1.165, 1.54) is 11.1 Å². The minimum atomic E-state index is -0.221. The third-order valence-electron chi connectivity index (χ3n) is 5.98. The molecule has 170 valence electrons. The molecule has 7 nitrogen and oxygen atoms in total. The lowest BCUT2D eigenvalue weighted by atomic mass is 10.0. The molecule has 0 unspecified atom stereocenters. The van der Waals surface area contributed by atoms with Crippen molar-refractivity contribution in [3.63, 3.8) is 0 Å². The number of pyridine rings is 1. The Balaban J connectivity index is 1.46. The van der Waals surface area contributed by atoms with Crippen molar-refractivity contribution in [1.82, 2.24) is 24.5 Å². The van der Waals surface area contributed by atoms with Crippen LogP contribution in [-0.2, 0) is 13.1 Å². The van der Waals surface area contributed by atoms with Crippen LogP contribution in [0.25, 0.3) is 22.2 Å². The number of anilines is 1. The number of rotatable bonds is 6. The number of nitrogens with zero attached hydrogens (tertiary/aromatic N) is 5. The molecule has 0 aliphatic carbocycles. The van der Waals surface area contributed by atoms with Crippen molar-refractivity contribution >= 4 is 22.6 Å². The molecule has 1 N–H and O–H groups in total. The van der Waals surface area contributed by atoms with Gasteiger partial charge in [-0.05, 0) is 44.0 Å². The number of aromatic nitrogens is 5. The van der Waals surface area contributed by atoms with Gasteiger partial charge in [-0.1, -0.05) is 42.5 Å². The van der Waals surface area contributed by atoms with Crippen LogP contribution in [0.5, 0.6) is 0 Å². The first kappa shape index (κ1) is 21.6. The molecule has 0 bridgehead atoms. The maximum Gasteiger partial charge on any atom is 0.257 e. The Morgan fingerprint density at radius 2 is 1.76 bits per heavy atom. The van der Waals surface area contributed by atoms with Gasteiger partial charge in [-0.25, -0.2) is 4.98 Å². The molecule has 0 aliphatic rings. The van der Waals surface area contributed by atoms with Gasteiger partial charge in [-0.3, -0.25) is 14.2 Å². The first-order valence-corrected chi connectivity index (χ1v) is 11.4. The highest BCUT2D eigenvalue weighted by molar-refractivity contribution is 6.12. The summed E-state index contributed by atoms with van der Waals surface area (Å²) in [5, 5.41) is 12.8. The lowest BCUT2D eigenvalue weighted by Gasteiger charge is -2.09. The van der Waals surface area contributed by atoms with Gasteiger partial charge in [0.2, 0.25) is 0 Å². The summed E-state index contributed by atoms with van der Waals surface area (Å²) >= 11 is 0. The van der Waals surface area contributed by atoms with Gasteiger partial charge >= 0.3 is 0 Å². The topological polar surface area (TPSA) is 77.6 Å². The van der Waals surface area contributed by atoms with Gasteiger partial charge in [0.1, 0.15) is 0 Å². The molecule has 0 fully saturated rings. The van der Waals surface area contributed by atoms with Crippen LogP contribution in [0, 0.1) is 13.8 Å². The fourth-order valence-corrected chi connectivity index (χ4v) is 4.09. The number of benzene rings is 2. The van der Waals surface area contributed by atoms with Crippen molar-refractivity contribution in [3.8, 4) is 11.3 Å². The molecular formula is C27H26N6O. The molecule has 0 saturated heterocycles. The number of aryl methyl sites for hydroxylation is 3. The molecular weight excluding hydrogens is 424 g/mol. The van der Waals surface area contributed by atoms with E-state index in [2.05, 4.69) is 34.6 Å². The summed E-state index contributed by atoms with van der Waals surface area (Å²) < 4.78 is 3.71. The fourth-order valence-electron chi connectivity index (χ4n) is 4.09. The Kier molecular flexibility index (Phi) is 5.67. The molecule has 34 heavy (non-hydrogen) atoms. The van der Waals surface area contributed by atoms with E-state index in [1.807, 2.05) is 84.1 Å². The zero-order valence-electron chi connectivity index (χ0n) is 19.5. The number of carbonyl (C=O) groups excluding carboxylic acids is 1. The molecule has 5 rings (SSSR count). The van der Waals surface area contributed by atoms with Crippen LogP contribution in [0.3, 0.4) is 0 Å². The van der Waals surface area contributed by atoms with E-state index in [1.54, 1.807) is 0 Å². The van der Waals surface area contributed by atoms with Crippen molar-refractivity contribution in [2.45, 2.75) is 33.9 Å². The van der Waals surface area contributed by atoms with Crippen LogP contribution in [-0.4, -0.2) is 30.5 Å². The van der Waals surface area contributed by atoms with Gasteiger partial charge in [-0.2, -0.15) is 10.2 Å². The lowest BCUT2D eigenvalue weighted by Crippen LogP contribution is -2.14. The van der Waals surface area contributed by atoms with E-state index in [0.29, 0.717) is 17.9 Å². The van der Waals surface area contributed by atoms with E-state index in [4.69, 9.17) is 4.98 Å². The van der Waals surface area contributed by atoms with E-state index in [9.17, 15) is 4.79 Å². The summed E-state index contributed by atoms with van der Waals surface area (Å²) in [6.45, 7) is 7.50. The number of para-hydroxylation sites is 1. The van der Waals surface area contributed by atoms with Gasteiger partial charge < -0.3 is 5.32 Å². The monoisotopic (exact) mass is 450 g/mol. The average molecular weight is 451 g/mol. The highest BCUT2D eigenvalue weighted by Gasteiger charge is 2.17. The minimum absolute atomic E-state index is 0.221.